The fourth-order valence-electron chi connectivity index (χ4n) is 3.47. The molecule has 2 rings (SSSR count). The molecule has 1 saturated carbocycles. The summed E-state index contributed by atoms with van der Waals surface area (Å²) >= 11 is 0. The van der Waals surface area contributed by atoms with Crippen LogP contribution in [0, 0.1) is 11.8 Å². The number of aromatic nitrogens is 2. The molecule has 0 bridgehead atoms. The van der Waals surface area contributed by atoms with Crippen LogP contribution in [0.15, 0.2) is 6.33 Å². The molecule has 1 fully saturated rings. The summed E-state index contributed by atoms with van der Waals surface area (Å²) in [4.78, 5) is 8.92. The van der Waals surface area contributed by atoms with Crippen LogP contribution in [-0.2, 0) is 6.42 Å². The largest absolute Gasteiger partial charge is 0.370 e. The minimum atomic E-state index is 0.550. The van der Waals surface area contributed by atoms with Crippen molar-refractivity contribution in [1.82, 2.24) is 9.97 Å². The highest BCUT2D eigenvalue weighted by atomic mass is 15.1. The zero-order chi connectivity index (χ0) is 15.2. The summed E-state index contributed by atoms with van der Waals surface area (Å²) in [5.41, 5.74) is 1.22. The van der Waals surface area contributed by atoms with Crippen LogP contribution in [0.1, 0.15) is 58.9 Å². The molecular weight excluding hydrogens is 260 g/mol. The van der Waals surface area contributed by atoms with Gasteiger partial charge in [0.1, 0.15) is 18.0 Å². The molecule has 0 aliphatic heterocycles. The van der Waals surface area contributed by atoms with Gasteiger partial charge in [0, 0.05) is 18.2 Å². The summed E-state index contributed by atoms with van der Waals surface area (Å²) in [7, 11) is 0. The van der Waals surface area contributed by atoms with Crippen molar-refractivity contribution < 1.29 is 0 Å². The minimum absolute atomic E-state index is 0.550. The molecule has 1 aliphatic rings. The van der Waals surface area contributed by atoms with Crippen molar-refractivity contribution in [2.24, 2.45) is 11.8 Å². The van der Waals surface area contributed by atoms with E-state index >= 15 is 0 Å². The number of hydrogen-bond acceptors (Lipinski definition) is 4. The Bertz CT molecular complexity index is 446. The van der Waals surface area contributed by atoms with Gasteiger partial charge in [-0.15, -0.1) is 0 Å². The molecule has 0 radical (unpaired) electrons. The molecular formula is C17H30N4. The molecule has 0 spiro atoms. The molecule has 3 atom stereocenters. The van der Waals surface area contributed by atoms with E-state index in [4.69, 9.17) is 0 Å². The van der Waals surface area contributed by atoms with E-state index in [0.29, 0.717) is 6.04 Å². The van der Waals surface area contributed by atoms with Crippen molar-refractivity contribution in [1.29, 1.82) is 0 Å². The van der Waals surface area contributed by atoms with Crippen LogP contribution in [-0.4, -0.2) is 22.6 Å². The maximum absolute atomic E-state index is 4.50. The molecule has 1 aromatic rings. The number of rotatable bonds is 7. The van der Waals surface area contributed by atoms with E-state index in [2.05, 4.69) is 48.3 Å². The lowest BCUT2D eigenvalue weighted by Gasteiger charge is -2.23. The lowest BCUT2D eigenvalue weighted by molar-refractivity contribution is 0.391. The average Bonchev–Trinajstić information content (AvgIpc) is 2.85. The van der Waals surface area contributed by atoms with Crippen molar-refractivity contribution in [3.05, 3.63) is 11.9 Å². The summed E-state index contributed by atoms with van der Waals surface area (Å²) in [6, 6.07) is 0.550. The third kappa shape index (κ3) is 3.66. The van der Waals surface area contributed by atoms with E-state index in [1.54, 1.807) is 6.33 Å². The molecule has 21 heavy (non-hydrogen) atoms. The first-order valence-corrected chi connectivity index (χ1v) is 8.55. The van der Waals surface area contributed by atoms with Crippen LogP contribution < -0.4 is 10.6 Å². The van der Waals surface area contributed by atoms with Crippen molar-refractivity contribution in [3.63, 3.8) is 0 Å². The van der Waals surface area contributed by atoms with Gasteiger partial charge >= 0.3 is 0 Å². The van der Waals surface area contributed by atoms with Gasteiger partial charge in [0.25, 0.3) is 0 Å². The molecule has 4 nitrogen and oxygen atoms in total. The maximum atomic E-state index is 4.50. The fourth-order valence-corrected chi connectivity index (χ4v) is 3.47. The first-order valence-electron chi connectivity index (χ1n) is 8.55. The third-order valence-electron chi connectivity index (χ3n) is 4.91. The van der Waals surface area contributed by atoms with E-state index in [0.717, 1.165) is 42.9 Å². The van der Waals surface area contributed by atoms with Gasteiger partial charge in [0.2, 0.25) is 0 Å². The Morgan fingerprint density at radius 2 is 1.90 bits per heavy atom. The van der Waals surface area contributed by atoms with Crippen LogP contribution in [0.25, 0.3) is 0 Å². The SMILES string of the molecule is CCCNc1ncnc(NC2CCC(CC)C2C)c1CC. The molecule has 0 saturated heterocycles. The first kappa shape index (κ1) is 16.1. The third-order valence-corrected chi connectivity index (χ3v) is 4.91. The van der Waals surface area contributed by atoms with Crippen LogP contribution in [0.3, 0.4) is 0 Å². The van der Waals surface area contributed by atoms with Crippen LogP contribution in [0.5, 0.6) is 0 Å². The molecule has 1 aromatic heterocycles. The predicted octanol–water partition coefficient (Wildman–Crippen LogP) is 4.10. The molecule has 3 unspecified atom stereocenters. The predicted molar refractivity (Wildman–Crippen MR) is 89.8 cm³/mol. The maximum Gasteiger partial charge on any atom is 0.134 e. The highest BCUT2D eigenvalue weighted by Crippen LogP contribution is 2.36. The highest BCUT2D eigenvalue weighted by molar-refractivity contribution is 5.57. The van der Waals surface area contributed by atoms with Gasteiger partial charge in [0.05, 0.1) is 0 Å². The Hall–Kier alpha value is -1.32. The molecule has 0 aromatic carbocycles. The van der Waals surface area contributed by atoms with Gasteiger partial charge in [-0.25, -0.2) is 9.97 Å². The van der Waals surface area contributed by atoms with Crippen molar-refractivity contribution in [2.45, 2.75) is 65.8 Å². The zero-order valence-corrected chi connectivity index (χ0v) is 13.9. The number of nitrogens with zero attached hydrogens (tertiary/aromatic N) is 2. The van der Waals surface area contributed by atoms with Gasteiger partial charge < -0.3 is 10.6 Å². The number of hydrogen-bond donors (Lipinski definition) is 2. The van der Waals surface area contributed by atoms with Crippen molar-refractivity contribution >= 4 is 11.6 Å². The second-order valence-corrected chi connectivity index (χ2v) is 6.19. The molecule has 1 aliphatic carbocycles. The number of anilines is 2. The highest BCUT2D eigenvalue weighted by Gasteiger charge is 2.32. The fraction of sp³-hybridized carbons (Fsp3) is 0.765. The molecule has 4 heteroatoms. The summed E-state index contributed by atoms with van der Waals surface area (Å²) in [5.74, 6) is 3.60. The summed E-state index contributed by atoms with van der Waals surface area (Å²) in [5, 5.41) is 7.12. The van der Waals surface area contributed by atoms with E-state index in [1.807, 2.05) is 0 Å². The van der Waals surface area contributed by atoms with Gasteiger partial charge in [-0.2, -0.15) is 0 Å². The average molecular weight is 290 g/mol. The minimum Gasteiger partial charge on any atom is -0.370 e. The molecule has 0 amide bonds. The zero-order valence-electron chi connectivity index (χ0n) is 13.9. The lowest BCUT2D eigenvalue weighted by atomic mass is 9.93. The van der Waals surface area contributed by atoms with Crippen molar-refractivity contribution in [3.8, 4) is 0 Å². The molecule has 118 valence electrons. The smallest absolute Gasteiger partial charge is 0.134 e. The van der Waals surface area contributed by atoms with E-state index in [-0.39, 0.29) is 0 Å². The van der Waals surface area contributed by atoms with Gasteiger partial charge in [-0.1, -0.05) is 34.1 Å². The quantitative estimate of drug-likeness (QED) is 0.794. The summed E-state index contributed by atoms with van der Waals surface area (Å²) in [6.45, 7) is 9.99. The normalized spacial score (nSPS) is 25.0. The molecule has 1 heterocycles. The van der Waals surface area contributed by atoms with E-state index < -0.39 is 0 Å². The van der Waals surface area contributed by atoms with Gasteiger partial charge in [-0.05, 0) is 37.5 Å². The second-order valence-electron chi connectivity index (χ2n) is 6.19. The Balaban J connectivity index is 2.12. The summed E-state index contributed by atoms with van der Waals surface area (Å²) < 4.78 is 0. The second kappa shape index (κ2) is 7.62. The first-order chi connectivity index (χ1) is 10.2. The van der Waals surface area contributed by atoms with E-state index in [1.165, 1.54) is 24.8 Å². The number of nitrogens with one attached hydrogen (secondary N) is 2. The summed E-state index contributed by atoms with van der Waals surface area (Å²) in [6.07, 6.45) is 7.61. The lowest BCUT2D eigenvalue weighted by Crippen LogP contribution is -2.26. The van der Waals surface area contributed by atoms with Gasteiger partial charge in [-0.3, -0.25) is 0 Å². The monoisotopic (exact) mass is 290 g/mol. The Morgan fingerprint density at radius 1 is 1.14 bits per heavy atom. The van der Waals surface area contributed by atoms with Crippen LogP contribution in [0.2, 0.25) is 0 Å². The van der Waals surface area contributed by atoms with Crippen LogP contribution in [0.4, 0.5) is 11.6 Å². The van der Waals surface area contributed by atoms with Crippen LogP contribution >= 0.6 is 0 Å². The Morgan fingerprint density at radius 3 is 2.52 bits per heavy atom. The van der Waals surface area contributed by atoms with E-state index in [9.17, 15) is 0 Å². The standard InChI is InChI=1S/C17H30N4/c1-5-10-18-16-14(7-3)17(20-11-19-16)21-15-9-8-13(6-2)12(15)4/h11-13,15H,5-10H2,1-4H3,(H2,18,19,20,21). The van der Waals surface area contributed by atoms with Gasteiger partial charge in [0.15, 0.2) is 0 Å². The Labute approximate surface area is 129 Å². The topological polar surface area (TPSA) is 49.8 Å². The van der Waals surface area contributed by atoms with Crippen molar-refractivity contribution in [2.75, 3.05) is 17.2 Å². The molecule has 2 N–H and O–H groups in total. The Kier molecular flexibility index (Phi) is 5.83.